The molecule has 0 aliphatic rings. The van der Waals surface area contributed by atoms with Gasteiger partial charge in [-0.05, 0) is 23.8 Å². The molecular formula is C24H19F3N6O2. The van der Waals surface area contributed by atoms with E-state index >= 15 is 0 Å². The van der Waals surface area contributed by atoms with Crippen LogP contribution in [0.3, 0.4) is 0 Å². The summed E-state index contributed by atoms with van der Waals surface area (Å²) in [6.07, 6.45) is -0.681. The number of carbonyl (C=O) groups excluding carboxylic acids is 1. The smallest absolute Gasteiger partial charge is 0.360 e. The lowest BCUT2D eigenvalue weighted by atomic mass is 10.0. The van der Waals surface area contributed by atoms with Crippen molar-refractivity contribution in [3.05, 3.63) is 78.4 Å². The number of halogens is 3. The molecule has 178 valence electrons. The Labute approximate surface area is 197 Å². The van der Waals surface area contributed by atoms with Crippen LogP contribution in [0.25, 0.3) is 27.7 Å². The highest BCUT2D eigenvalue weighted by molar-refractivity contribution is 6.08. The zero-order valence-electron chi connectivity index (χ0n) is 18.5. The number of alkyl halides is 3. The number of rotatable bonds is 6. The van der Waals surface area contributed by atoms with Gasteiger partial charge >= 0.3 is 6.18 Å². The minimum atomic E-state index is -4.72. The van der Waals surface area contributed by atoms with Crippen LogP contribution in [0.4, 0.5) is 18.9 Å². The van der Waals surface area contributed by atoms with Crippen LogP contribution in [-0.2, 0) is 17.6 Å². The Hall–Kier alpha value is -4.25. The molecule has 5 aromatic rings. The molecule has 0 aliphatic carbocycles. The molecule has 8 nitrogen and oxygen atoms in total. The molecule has 0 fully saturated rings. The number of fused-ring (bicyclic) bond motifs is 2. The Balaban J connectivity index is 1.60. The average Bonchev–Trinajstić information content (AvgIpc) is 3.47. The van der Waals surface area contributed by atoms with Crippen LogP contribution in [-0.4, -0.2) is 36.9 Å². The van der Waals surface area contributed by atoms with Crippen molar-refractivity contribution in [1.29, 1.82) is 0 Å². The van der Waals surface area contributed by atoms with E-state index in [0.29, 0.717) is 22.4 Å². The second-order valence-corrected chi connectivity index (χ2v) is 7.69. The van der Waals surface area contributed by atoms with Crippen LogP contribution in [0, 0.1) is 0 Å². The van der Waals surface area contributed by atoms with E-state index in [1.807, 2.05) is 31.2 Å². The van der Waals surface area contributed by atoms with Crippen LogP contribution < -0.4 is 5.32 Å². The fourth-order valence-electron chi connectivity index (χ4n) is 3.79. The number of hydrogen-bond acceptors (Lipinski definition) is 5. The van der Waals surface area contributed by atoms with Gasteiger partial charge in [0.2, 0.25) is 0 Å². The van der Waals surface area contributed by atoms with E-state index in [9.17, 15) is 18.0 Å². The molecule has 3 aromatic heterocycles. The molecule has 11 heteroatoms. The van der Waals surface area contributed by atoms with Crippen LogP contribution in [0.2, 0.25) is 0 Å². The van der Waals surface area contributed by atoms with Crippen molar-refractivity contribution >= 4 is 28.0 Å². The molecule has 2 aromatic carbocycles. The van der Waals surface area contributed by atoms with Gasteiger partial charge in [0.05, 0.1) is 30.0 Å². The maximum absolute atomic E-state index is 14.0. The second kappa shape index (κ2) is 8.84. The van der Waals surface area contributed by atoms with Gasteiger partial charge in [0.25, 0.3) is 5.91 Å². The lowest BCUT2D eigenvalue weighted by molar-refractivity contribution is -0.142. The predicted molar refractivity (Wildman–Crippen MR) is 123 cm³/mol. The number of amides is 1. The molecule has 3 heterocycles. The van der Waals surface area contributed by atoms with Gasteiger partial charge in [-0.3, -0.25) is 4.79 Å². The Morgan fingerprint density at radius 3 is 2.69 bits per heavy atom. The van der Waals surface area contributed by atoms with Crippen molar-refractivity contribution in [3.8, 4) is 11.3 Å². The quantitative estimate of drug-likeness (QED) is 0.369. The summed E-state index contributed by atoms with van der Waals surface area (Å²) >= 11 is 0. The number of benzene rings is 2. The van der Waals surface area contributed by atoms with E-state index in [1.165, 1.54) is 10.9 Å². The first-order valence-corrected chi connectivity index (χ1v) is 10.7. The van der Waals surface area contributed by atoms with Crippen molar-refractivity contribution in [3.63, 3.8) is 0 Å². The third-order valence-corrected chi connectivity index (χ3v) is 5.39. The predicted octanol–water partition coefficient (Wildman–Crippen LogP) is 5.01. The van der Waals surface area contributed by atoms with Crippen molar-refractivity contribution in [2.45, 2.75) is 19.8 Å². The van der Waals surface area contributed by atoms with Crippen molar-refractivity contribution < 1.29 is 22.7 Å². The molecule has 0 radical (unpaired) electrons. The molecule has 0 spiro atoms. The van der Waals surface area contributed by atoms with Crippen LogP contribution in [0.5, 0.6) is 0 Å². The molecular weight excluding hydrogens is 461 g/mol. The molecule has 35 heavy (non-hydrogen) atoms. The van der Waals surface area contributed by atoms with Gasteiger partial charge in [0, 0.05) is 12.2 Å². The summed E-state index contributed by atoms with van der Waals surface area (Å²) in [7, 11) is 0. The van der Waals surface area contributed by atoms with Crippen LogP contribution in [0.15, 0.2) is 67.1 Å². The lowest BCUT2D eigenvalue weighted by Gasteiger charge is -2.13. The summed E-state index contributed by atoms with van der Waals surface area (Å²) in [6.45, 7) is 2.54. The Morgan fingerprint density at radius 1 is 1.09 bits per heavy atom. The van der Waals surface area contributed by atoms with E-state index in [2.05, 4.69) is 20.5 Å². The van der Waals surface area contributed by atoms with Crippen molar-refractivity contribution in [2.24, 2.45) is 0 Å². The third kappa shape index (κ3) is 4.33. The highest BCUT2D eigenvalue weighted by Crippen LogP contribution is 2.35. The maximum Gasteiger partial charge on any atom is 0.433 e. The van der Waals surface area contributed by atoms with E-state index in [1.54, 1.807) is 24.4 Å². The molecule has 0 saturated carbocycles. The Bertz CT molecular complexity index is 1530. The first kappa shape index (κ1) is 22.5. The molecule has 0 atom stereocenters. The zero-order valence-corrected chi connectivity index (χ0v) is 18.5. The first-order chi connectivity index (χ1) is 16.8. The number of aromatic nitrogens is 5. The summed E-state index contributed by atoms with van der Waals surface area (Å²) in [5, 5.41) is 12.1. The summed E-state index contributed by atoms with van der Waals surface area (Å²) in [6, 6.07) is 13.6. The fraction of sp³-hybridized carbons (Fsp3) is 0.167. The van der Waals surface area contributed by atoms with Crippen molar-refractivity contribution in [1.82, 2.24) is 24.4 Å². The summed E-state index contributed by atoms with van der Waals surface area (Å²) < 4.78 is 49.3. The molecule has 5 rings (SSSR count). The maximum atomic E-state index is 14.0. The summed E-state index contributed by atoms with van der Waals surface area (Å²) in [5.41, 5.74) is -0.386. The highest BCUT2D eigenvalue weighted by atomic mass is 19.4. The van der Waals surface area contributed by atoms with Crippen LogP contribution >= 0.6 is 0 Å². The van der Waals surface area contributed by atoms with Gasteiger partial charge < -0.3 is 10.1 Å². The van der Waals surface area contributed by atoms with E-state index in [-0.39, 0.29) is 23.6 Å². The minimum Gasteiger partial charge on any atom is -0.360 e. The fourth-order valence-corrected chi connectivity index (χ4v) is 3.79. The van der Waals surface area contributed by atoms with Gasteiger partial charge in [0.1, 0.15) is 12.3 Å². The van der Waals surface area contributed by atoms with Gasteiger partial charge in [0.15, 0.2) is 11.3 Å². The van der Waals surface area contributed by atoms with E-state index < -0.39 is 17.8 Å². The van der Waals surface area contributed by atoms with Gasteiger partial charge in [-0.25, -0.2) is 14.2 Å². The number of nitrogens with zero attached hydrogens (tertiary/aromatic N) is 5. The number of hydrogen-bond donors (Lipinski definition) is 1. The SMILES string of the molecule is CCOCn1cc(NC(=O)c2cnn3c(C(F)(F)F)cc(-c4cccc5ccccc45)nc23)cn1. The number of anilines is 1. The summed E-state index contributed by atoms with van der Waals surface area (Å²) in [4.78, 5) is 17.4. The largest absolute Gasteiger partial charge is 0.433 e. The minimum absolute atomic E-state index is 0.0840. The van der Waals surface area contributed by atoms with E-state index in [4.69, 9.17) is 4.74 Å². The number of carbonyl (C=O) groups is 1. The van der Waals surface area contributed by atoms with Gasteiger partial charge in [-0.2, -0.15) is 23.4 Å². The highest BCUT2D eigenvalue weighted by Gasteiger charge is 2.36. The Morgan fingerprint density at radius 2 is 1.89 bits per heavy atom. The van der Waals surface area contributed by atoms with Crippen LogP contribution in [0.1, 0.15) is 23.0 Å². The number of ether oxygens (including phenoxy) is 1. The summed E-state index contributed by atoms with van der Waals surface area (Å²) in [5.74, 6) is -0.661. The molecule has 1 N–H and O–H groups in total. The first-order valence-electron chi connectivity index (χ1n) is 10.7. The zero-order chi connectivity index (χ0) is 24.6. The second-order valence-electron chi connectivity index (χ2n) is 7.69. The molecule has 0 bridgehead atoms. The normalized spacial score (nSPS) is 11.9. The standard InChI is InChI=1S/C24H19F3N6O2/c1-2-35-14-32-13-16(11-28-32)30-23(34)19-12-29-33-21(24(25,26)27)10-20(31-22(19)33)18-9-5-7-15-6-3-4-8-17(15)18/h3-13H,2,14H2,1H3,(H,30,34). The molecule has 0 saturated heterocycles. The van der Waals surface area contributed by atoms with Gasteiger partial charge in [-0.1, -0.05) is 42.5 Å². The van der Waals surface area contributed by atoms with Gasteiger partial charge in [-0.15, -0.1) is 0 Å². The molecule has 0 unspecified atom stereocenters. The third-order valence-electron chi connectivity index (χ3n) is 5.39. The Kier molecular flexibility index (Phi) is 5.69. The lowest BCUT2D eigenvalue weighted by Crippen LogP contribution is -2.15. The molecule has 0 aliphatic heterocycles. The number of nitrogens with one attached hydrogen (secondary N) is 1. The molecule has 1 amide bonds. The van der Waals surface area contributed by atoms with E-state index in [0.717, 1.165) is 23.0 Å². The van der Waals surface area contributed by atoms with Crippen molar-refractivity contribution in [2.75, 3.05) is 11.9 Å². The average molecular weight is 480 g/mol. The topological polar surface area (TPSA) is 86.3 Å². The monoisotopic (exact) mass is 480 g/mol.